The van der Waals surface area contributed by atoms with Gasteiger partial charge in [-0.2, -0.15) is 0 Å². The maximum Gasteiger partial charge on any atom is 0.107 e. The molecular weight excluding hydrogens is 196 g/mol. The first-order chi connectivity index (χ1) is 7.61. The van der Waals surface area contributed by atoms with Crippen molar-refractivity contribution in [3.05, 3.63) is 23.2 Å². The molecule has 0 radical (unpaired) electrons. The zero-order chi connectivity index (χ0) is 11.3. The molecule has 2 aliphatic rings. The molecule has 0 N–H and O–H groups in total. The van der Waals surface area contributed by atoms with Gasteiger partial charge in [-0.05, 0) is 48.1 Å². The second-order valence-corrected chi connectivity index (χ2v) is 6.24. The molecule has 3 rings (SSSR count). The van der Waals surface area contributed by atoms with Crippen molar-refractivity contribution in [3.8, 4) is 0 Å². The fourth-order valence-electron chi connectivity index (χ4n) is 3.92. The second-order valence-electron chi connectivity index (χ2n) is 6.24. The zero-order valence-electron chi connectivity index (χ0n) is 10.7. The number of fused-ring (bicyclic) bond motifs is 2. The van der Waals surface area contributed by atoms with E-state index in [1.165, 1.54) is 49.0 Å². The molecule has 1 fully saturated rings. The van der Waals surface area contributed by atoms with E-state index in [4.69, 9.17) is 4.42 Å². The minimum absolute atomic E-state index is 0.528. The van der Waals surface area contributed by atoms with Crippen molar-refractivity contribution in [1.29, 1.82) is 0 Å². The lowest BCUT2D eigenvalue weighted by Crippen LogP contribution is -2.43. The van der Waals surface area contributed by atoms with Gasteiger partial charge in [-0.1, -0.05) is 26.7 Å². The van der Waals surface area contributed by atoms with Crippen LogP contribution in [0.4, 0.5) is 0 Å². The predicted molar refractivity (Wildman–Crippen MR) is 65.5 cm³/mol. The molecule has 3 atom stereocenters. The van der Waals surface area contributed by atoms with Crippen molar-refractivity contribution < 1.29 is 4.42 Å². The highest BCUT2D eigenvalue weighted by Gasteiger charge is 2.45. The van der Waals surface area contributed by atoms with E-state index in [-0.39, 0.29) is 0 Å². The summed E-state index contributed by atoms with van der Waals surface area (Å²) in [4.78, 5) is 0. The molecular formula is C15H22O. The van der Waals surface area contributed by atoms with Crippen LogP contribution in [0.25, 0.3) is 0 Å². The molecule has 0 spiro atoms. The first-order valence-electron chi connectivity index (χ1n) is 6.67. The van der Waals surface area contributed by atoms with Crippen LogP contribution in [-0.2, 0) is 12.8 Å². The van der Waals surface area contributed by atoms with Crippen LogP contribution in [-0.4, -0.2) is 0 Å². The molecule has 16 heavy (non-hydrogen) atoms. The minimum atomic E-state index is 0.528. The third-order valence-electron chi connectivity index (χ3n) is 5.43. The first kappa shape index (κ1) is 10.4. The van der Waals surface area contributed by atoms with E-state index in [2.05, 4.69) is 20.8 Å². The summed E-state index contributed by atoms with van der Waals surface area (Å²) in [5.41, 5.74) is 3.42. The number of furan rings is 1. The molecule has 0 bridgehead atoms. The Kier molecular flexibility index (Phi) is 2.21. The van der Waals surface area contributed by atoms with Crippen LogP contribution in [0.2, 0.25) is 0 Å². The quantitative estimate of drug-likeness (QED) is 0.638. The van der Waals surface area contributed by atoms with Gasteiger partial charge in [0.1, 0.15) is 5.76 Å². The summed E-state index contributed by atoms with van der Waals surface area (Å²) in [6.07, 6.45) is 8.62. The lowest BCUT2D eigenvalue weighted by molar-refractivity contribution is 0.0371. The van der Waals surface area contributed by atoms with Crippen molar-refractivity contribution in [2.75, 3.05) is 0 Å². The summed E-state index contributed by atoms with van der Waals surface area (Å²) in [5.74, 6) is 3.01. The molecule has 88 valence electrons. The largest absolute Gasteiger partial charge is 0.469 e. The van der Waals surface area contributed by atoms with Crippen molar-refractivity contribution in [2.24, 2.45) is 17.3 Å². The van der Waals surface area contributed by atoms with Crippen LogP contribution < -0.4 is 0 Å². The normalized spacial score (nSPS) is 37.9. The van der Waals surface area contributed by atoms with Gasteiger partial charge in [-0.15, -0.1) is 0 Å². The van der Waals surface area contributed by atoms with Gasteiger partial charge in [0.2, 0.25) is 0 Å². The molecule has 0 aliphatic heterocycles. The SMILES string of the molecule is Cc1coc2c1C[C@]1(C)[C@@H](CCC[C@H]1C)C2. The van der Waals surface area contributed by atoms with Gasteiger partial charge < -0.3 is 4.42 Å². The monoisotopic (exact) mass is 218 g/mol. The van der Waals surface area contributed by atoms with Gasteiger partial charge in [0.25, 0.3) is 0 Å². The molecule has 0 saturated heterocycles. The van der Waals surface area contributed by atoms with Gasteiger partial charge in [-0.3, -0.25) is 0 Å². The molecule has 2 aliphatic carbocycles. The van der Waals surface area contributed by atoms with E-state index >= 15 is 0 Å². The summed E-state index contributed by atoms with van der Waals surface area (Å²) in [6.45, 7) is 7.16. The van der Waals surface area contributed by atoms with Gasteiger partial charge in [0.15, 0.2) is 0 Å². The van der Waals surface area contributed by atoms with E-state index in [9.17, 15) is 0 Å². The molecule has 1 heteroatoms. The summed E-state index contributed by atoms with van der Waals surface area (Å²) in [6, 6.07) is 0. The maximum absolute atomic E-state index is 5.72. The summed E-state index contributed by atoms with van der Waals surface area (Å²) in [7, 11) is 0. The third kappa shape index (κ3) is 1.30. The number of hydrogen-bond donors (Lipinski definition) is 0. The zero-order valence-corrected chi connectivity index (χ0v) is 10.7. The van der Waals surface area contributed by atoms with Crippen molar-refractivity contribution >= 4 is 0 Å². The van der Waals surface area contributed by atoms with E-state index < -0.39 is 0 Å². The first-order valence-corrected chi connectivity index (χ1v) is 6.67. The summed E-state index contributed by atoms with van der Waals surface area (Å²) in [5, 5.41) is 0. The van der Waals surface area contributed by atoms with E-state index in [1.807, 2.05) is 6.26 Å². The fourth-order valence-corrected chi connectivity index (χ4v) is 3.92. The van der Waals surface area contributed by atoms with Crippen molar-refractivity contribution in [1.82, 2.24) is 0 Å². The molecule has 1 nitrogen and oxygen atoms in total. The minimum Gasteiger partial charge on any atom is -0.469 e. The van der Waals surface area contributed by atoms with Gasteiger partial charge in [0.05, 0.1) is 6.26 Å². The van der Waals surface area contributed by atoms with Crippen LogP contribution in [0.1, 0.15) is 50.0 Å². The predicted octanol–water partition coefficient (Wildman–Crippen LogP) is 4.13. The van der Waals surface area contributed by atoms with E-state index in [0.717, 1.165) is 11.8 Å². The second kappa shape index (κ2) is 3.38. The van der Waals surface area contributed by atoms with Crippen LogP contribution in [0, 0.1) is 24.2 Å². The number of hydrogen-bond acceptors (Lipinski definition) is 1. The Bertz CT molecular complexity index is 404. The number of aryl methyl sites for hydroxylation is 1. The van der Waals surface area contributed by atoms with Gasteiger partial charge in [-0.25, -0.2) is 0 Å². The molecule has 0 amide bonds. The Morgan fingerprint density at radius 1 is 1.38 bits per heavy atom. The Labute approximate surface area is 98.2 Å². The Hall–Kier alpha value is -0.720. The molecule has 1 saturated carbocycles. The van der Waals surface area contributed by atoms with Crippen LogP contribution >= 0.6 is 0 Å². The average molecular weight is 218 g/mol. The van der Waals surface area contributed by atoms with Crippen LogP contribution in [0.3, 0.4) is 0 Å². The molecule has 0 unspecified atom stereocenters. The lowest BCUT2D eigenvalue weighted by Gasteiger charge is -2.49. The molecule has 1 heterocycles. The Morgan fingerprint density at radius 2 is 2.19 bits per heavy atom. The highest BCUT2D eigenvalue weighted by atomic mass is 16.3. The highest BCUT2D eigenvalue weighted by molar-refractivity contribution is 5.32. The smallest absolute Gasteiger partial charge is 0.107 e. The third-order valence-corrected chi connectivity index (χ3v) is 5.43. The summed E-state index contributed by atoms with van der Waals surface area (Å²) < 4.78 is 5.72. The maximum atomic E-state index is 5.72. The van der Waals surface area contributed by atoms with Crippen molar-refractivity contribution in [2.45, 2.75) is 52.9 Å². The Balaban J connectivity index is 2.02. The van der Waals surface area contributed by atoms with Gasteiger partial charge in [0, 0.05) is 6.42 Å². The van der Waals surface area contributed by atoms with Crippen LogP contribution in [0.5, 0.6) is 0 Å². The number of rotatable bonds is 0. The van der Waals surface area contributed by atoms with E-state index in [1.54, 1.807) is 0 Å². The van der Waals surface area contributed by atoms with E-state index in [0.29, 0.717) is 5.41 Å². The average Bonchev–Trinajstić information content (AvgIpc) is 2.59. The van der Waals surface area contributed by atoms with Crippen LogP contribution in [0.15, 0.2) is 10.7 Å². The van der Waals surface area contributed by atoms with Gasteiger partial charge >= 0.3 is 0 Å². The highest BCUT2D eigenvalue weighted by Crippen LogP contribution is 2.52. The molecule has 1 aromatic heterocycles. The topological polar surface area (TPSA) is 13.1 Å². The molecule has 1 aromatic rings. The van der Waals surface area contributed by atoms with Crippen molar-refractivity contribution in [3.63, 3.8) is 0 Å². The standard InChI is InChI=1S/C15H22O/c1-10-9-16-14-7-12-6-4-5-11(2)15(12,3)8-13(10)14/h9,11-12H,4-8H2,1-3H3/t11-,12+,15+/m1/s1. The fraction of sp³-hybridized carbons (Fsp3) is 0.733. The summed E-state index contributed by atoms with van der Waals surface area (Å²) >= 11 is 0. The Morgan fingerprint density at radius 3 is 3.00 bits per heavy atom. The molecule has 0 aromatic carbocycles. The lowest BCUT2D eigenvalue weighted by atomic mass is 9.56.